The lowest BCUT2D eigenvalue weighted by atomic mass is 10.1. The van der Waals surface area contributed by atoms with Crippen LogP contribution in [0.15, 0.2) is 34.9 Å². The first-order valence-electron chi connectivity index (χ1n) is 6.92. The third-order valence-electron chi connectivity index (χ3n) is 3.14. The van der Waals surface area contributed by atoms with Crippen molar-refractivity contribution in [3.63, 3.8) is 0 Å². The Bertz CT molecular complexity index is 784. The Hall–Kier alpha value is -2.22. The number of hydrogen-bond acceptors (Lipinski definition) is 5. The van der Waals surface area contributed by atoms with Crippen LogP contribution in [-0.4, -0.2) is 25.2 Å². The predicted octanol–water partition coefficient (Wildman–Crippen LogP) is 1.91. The average molecular weight is 340 g/mol. The van der Waals surface area contributed by atoms with Crippen molar-refractivity contribution < 1.29 is 22.1 Å². The maximum Gasteiger partial charge on any atom is 0.235 e. The molecule has 1 N–H and O–H groups in total. The summed E-state index contributed by atoms with van der Waals surface area (Å²) in [4.78, 5) is 11.9. The van der Waals surface area contributed by atoms with E-state index in [-0.39, 0.29) is 17.3 Å². The topological polar surface area (TPSA) is 89.3 Å². The molecule has 1 aromatic heterocycles. The number of aryl methyl sites for hydroxylation is 1. The molecule has 0 saturated carbocycles. The Morgan fingerprint density at radius 3 is 2.57 bits per heavy atom. The summed E-state index contributed by atoms with van der Waals surface area (Å²) in [7, 11) is -3.65. The van der Waals surface area contributed by atoms with Gasteiger partial charge in [-0.3, -0.25) is 4.79 Å². The van der Waals surface area contributed by atoms with E-state index in [0.717, 1.165) is 0 Å². The molecule has 0 aliphatic carbocycles. The van der Waals surface area contributed by atoms with Gasteiger partial charge in [0, 0.05) is 6.07 Å². The molecule has 6 nitrogen and oxygen atoms in total. The van der Waals surface area contributed by atoms with Gasteiger partial charge in [-0.15, -0.1) is 0 Å². The Kier molecular flexibility index (Phi) is 5.15. The van der Waals surface area contributed by atoms with E-state index in [1.54, 1.807) is 13.8 Å². The van der Waals surface area contributed by atoms with E-state index in [1.165, 1.54) is 30.3 Å². The summed E-state index contributed by atoms with van der Waals surface area (Å²) >= 11 is 0. The number of nitrogens with zero attached hydrogens (tertiary/aromatic N) is 1. The fourth-order valence-electron chi connectivity index (χ4n) is 2.08. The lowest BCUT2D eigenvalue weighted by Crippen LogP contribution is -2.32. The predicted molar refractivity (Wildman–Crippen MR) is 81.7 cm³/mol. The van der Waals surface area contributed by atoms with Crippen LogP contribution in [-0.2, 0) is 20.4 Å². The van der Waals surface area contributed by atoms with Crippen molar-refractivity contribution >= 4 is 15.7 Å². The lowest BCUT2D eigenvalue weighted by Gasteiger charge is -2.14. The number of benzene rings is 1. The number of sulfone groups is 1. The molecule has 0 aliphatic heterocycles. The van der Waals surface area contributed by atoms with Gasteiger partial charge in [0.1, 0.15) is 17.3 Å². The van der Waals surface area contributed by atoms with Crippen LogP contribution >= 0.6 is 0 Å². The zero-order valence-electron chi connectivity index (χ0n) is 12.7. The zero-order valence-corrected chi connectivity index (χ0v) is 13.6. The Labute approximate surface area is 133 Å². The number of hydrogen-bond donors (Lipinski definition) is 1. The number of amides is 1. The van der Waals surface area contributed by atoms with Gasteiger partial charge >= 0.3 is 0 Å². The molecule has 0 spiro atoms. The molecule has 8 heteroatoms. The maximum absolute atomic E-state index is 12.9. The Morgan fingerprint density at radius 2 is 2.00 bits per heavy atom. The summed E-state index contributed by atoms with van der Waals surface area (Å²) in [5.41, 5.74) is 0.950. The van der Waals surface area contributed by atoms with E-state index in [4.69, 9.17) is 4.52 Å². The van der Waals surface area contributed by atoms with Crippen molar-refractivity contribution in [2.24, 2.45) is 0 Å². The highest BCUT2D eigenvalue weighted by molar-refractivity contribution is 7.91. The Balaban J connectivity index is 1.94. The molecule has 1 atom stereocenters. The number of nitrogens with one attached hydrogen (secondary N) is 1. The highest BCUT2D eigenvalue weighted by Gasteiger charge is 2.20. The fourth-order valence-corrected chi connectivity index (χ4v) is 3.25. The zero-order chi connectivity index (χ0) is 17.0. The van der Waals surface area contributed by atoms with E-state index in [0.29, 0.717) is 11.3 Å². The third kappa shape index (κ3) is 5.17. The quantitative estimate of drug-likeness (QED) is 0.868. The number of aromatic nitrogens is 1. The SMILES string of the molecule is Cc1cc(CS(=O)(=O)CC(=O)NC(C)c2ccc(F)cc2)no1. The van der Waals surface area contributed by atoms with E-state index in [9.17, 15) is 17.6 Å². The van der Waals surface area contributed by atoms with Crippen molar-refractivity contribution in [3.05, 3.63) is 53.2 Å². The smallest absolute Gasteiger partial charge is 0.235 e. The number of carbonyl (C=O) groups excluding carboxylic acids is 1. The minimum Gasteiger partial charge on any atom is -0.361 e. The maximum atomic E-state index is 12.9. The first kappa shape index (κ1) is 17.1. The van der Waals surface area contributed by atoms with Crippen LogP contribution < -0.4 is 5.32 Å². The first-order valence-corrected chi connectivity index (χ1v) is 8.75. The molecule has 0 saturated heterocycles. The molecule has 1 amide bonds. The second-order valence-electron chi connectivity index (χ2n) is 5.30. The van der Waals surface area contributed by atoms with Crippen molar-refractivity contribution in [3.8, 4) is 0 Å². The normalized spacial score (nSPS) is 12.8. The molecular weight excluding hydrogens is 323 g/mol. The van der Waals surface area contributed by atoms with Crippen LogP contribution in [0.3, 0.4) is 0 Å². The lowest BCUT2D eigenvalue weighted by molar-refractivity contribution is -0.119. The number of rotatable bonds is 6. The van der Waals surface area contributed by atoms with Crippen molar-refractivity contribution in [2.75, 3.05) is 5.75 Å². The van der Waals surface area contributed by atoms with Crippen LogP contribution in [0.5, 0.6) is 0 Å². The monoisotopic (exact) mass is 340 g/mol. The molecule has 0 radical (unpaired) electrons. The third-order valence-corrected chi connectivity index (χ3v) is 4.58. The van der Waals surface area contributed by atoms with Gasteiger partial charge in [-0.05, 0) is 31.5 Å². The van der Waals surface area contributed by atoms with Gasteiger partial charge in [0.25, 0.3) is 0 Å². The molecule has 124 valence electrons. The summed E-state index contributed by atoms with van der Waals surface area (Å²) in [5.74, 6) is -1.50. The largest absolute Gasteiger partial charge is 0.361 e. The molecule has 23 heavy (non-hydrogen) atoms. The highest BCUT2D eigenvalue weighted by atomic mass is 32.2. The second kappa shape index (κ2) is 6.91. The molecule has 0 fully saturated rings. The average Bonchev–Trinajstić information content (AvgIpc) is 2.82. The van der Waals surface area contributed by atoms with E-state index in [2.05, 4.69) is 10.5 Å². The summed E-state index contributed by atoms with van der Waals surface area (Å²) < 4.78 is 41.6. The molecule has 1 heterocycles. The minimum atomic E-state index is -3.65. The van der Waals surface area contributed by atoms with Gasteiger partial charge in [0.2, 0.25) is 5.91 Å². The first-order chi connectivity index (χ1) is 10.7. The van der Waals surface area contributed by atoms with Gasteiger partial charge in [0.15, 0.2) is 9.84 Å². The molecule has 1 unspecified atom stereocenters. The van der Waals surface area contributed by atoms with Crippen molar-refractivity contribution in [2.45, 2.75) is 25.6 Å². The second-order valence-corrected chi connectivity index (χ2v) is 7.37. The highest BCUT2D eigenvalue weighted by Crippen LogP contribution is 2.13. The van der Waals surface area contributed by atoms with Gasteiger partial charge in [0.05, 0.1) is 17.5 Å². The molecule has 0 bridgehead atoms. The van der Waals surface area contributed by atoms with Crippen LogP contribution in [0.25, 0.3) is 0 Å². The van der Waals surface area contributed by atoms with Crippen molar-refractivity contribution in [1.82, 2.24) is 10.5 Å². The van der Waals surface area contributed by atoms with Gasteiger partial charge in [-0.1, -0.05) is 17.3 Å². The van der Waals surface area contributed by atoms with Crippen LogP contribution in [0.2, 0.25) is 0 Å². The van der Waals surface area contributed by atoms with Crippen LogP contribution in [0.4, 0.5) is 4.39 Å². The number of carbonyl (C=O) groups is 1. The van der Waals surface area contributed by atoms with Gasteiger partial charge in [-0.2, -0.15) is 0 Å². The molecule has 2 aromatic rings. The molecule has 2 rings (SSSR count). The van der Waals surface area contributed by atoms with Crippen molar-refractivity contribution in [1.29, 1.82) is 0 Å². The fraction of sp³-hybridized carbons (Fsp3) is 0.333. The summed E-state index contributed by atoms with van der Waals surface area (Å²) in [6.07, 6.45) is 0. The van der Waals surface area contributed by atoms with Gasteiger partial charge < -0.3 is 9.84 Å². The number of halogens is 1. The standard InChI is InChI=1S/C15H17FN2O4S/c1-10-7-14(18-22-10)8-23(20,21)9-15(19)17-11(2)12-3-5-13(16)6-4-12/h3-7,11H,8-9H2,1-2H3,(H,17,19). The van der Waals surface area contributed by atoms with E-state index in [1.807, 2.05) is 0 Å². The van der Waals surface area contributed by atoms with E-state index >= 15 is 0 Å². The minimum absolute atomic E-state index is 0.266. The Morgan fingerprint density at radius 1 is 1.35 bits per heavy atom. The molecule has 0 aliphatic rings. The summed E-state index contributed by atoms with van der Waals surface area (Å²) in [6, 6.07) is 6.72. The molecule has 1 aromatic carbocycles. The summed E-state index contributed by atoms with van der Waals surface area (Å²) in [5, 5.41) is 6.18. The molecular formula is C15H17FN2O4S. The summed E-state index contributed by atoms with van der Waals surface area (Å²) in [6.45, 7) is 3.35. The van der Waals surface area contributed by atoms with Gasteiger partial charge in [-0.25, -0.2) is 12.8 Å². The van der Waals surface area contributed by atoms with Crippen LogP contribution in [0.1, 0.15) is 30.0 Å². The van der Waals surface area contributed by atoms with E-state index < -0.39 is 27.5 Å². The van der Waals surface area contributed by atoms with Crippen LogP contribution in [0, 0.1) is 12.7 Å².